The minimum atomic E-state index is -1.11. The summed E-state index contributed by atoms with van der Waals surface area (Å²) >= 11 is 0. The molecular formula is C13H16N2O4. The molecule has 6 nitrogen and oxygen atoms in total. The van der Waals surface area contributed by atoms with Crippen molar-refractivity contribution < 1.29 is 19.8 Å². The molecule has 0 saturated carbocycles. The lowest BCUT2D eigenvalue weighted by Crippen LogP contribution is -2.27. The number of rotatable bonds is 3. The van der Waals surface area contributed by atoms with E-state index >= 15 is 0 Å². The van der Waals surface area contributed by atoms with Crippen molar-refractivity contribution in [3.8, 4) is 5.75 Å². The number of carbonyl (C=O) groups is 2. The molecule has 0 radical (unpaired) electrons. The zero-order valence-corrected chi connectivity index (χ0v) is 10.5. The van der Waals surface area contributed by atoms with Gasteiger partial charge in [0.2, 0.25) is 5.91 Å². The molecule has 0 bridgehead atoms. The molecule has 0 aromatic heterocycles. The molecule has 0 unspecified atom stereocenters. The minimum Gasteiger partial charge on any atom is -0.506 e. The number of carbonyl (C=O) groups excluding carboxylic acids is 1. The molecule has 1 saturated heterocycles. The Morgan fingerprint density at radius 3 is 2.68 bits per heavy atom. The van der Waals surface area contributed by atoms with Crippen LogP contribution in [0.15, 0.2) is 18.2 Å². The van der Waals surface area contributed by atoms with Crippen LogP contribution < -0.4 is 10.6 Å². The molecule has 0 spiro atoms. The van der Waals surface area contributed by atoms with E-state index in [-0.39, 0.29) is 34.7 Å². The zero-order valence-electron chi connectivity index (χ0n) is 10.5. The highest BCUT2D eigenvalue weighted by Crippen LogP contribution is 2.26. The summed E-state index contributed by atoms with van der Waals surface area (Å²) in [7, 11) is 0. The number of hydrogen-bond donors (Lipinski definition) is 4. The lowest BCUT2D eigenvalue weighted by molar-refractivity contribution is -0.120. The topological polar surface area (TPSA) is 98.7 Å². The molecule has 2 rings (SSSR count). The second kappa shape index (κ2) is 5.27. The van der Waals surface area contributed by atoms with Crippen molar-refractivity contribution in [2.24, 2.45) is 11.8 Å². The van der Waals surface area contributed by atoms with E-state index in [1.165, 1.54) is 18.2 Å². The molecule has 1 heterocycles. The van der Waals surface area contributed by atoms with Crippen LogP contribution in [0.25, 0.3) is 0 Å². The molecule has 6 heteroatoms. The van der Waals surface area contributed by atoms with Crippen LogP contribution in [0, 0.1) is 11.8 Å². The van der Waals surface area contributed by atoms with Gasteiger partial charge in [0.05, 0.1) is 17.2 Å². The largest absolute Gasteiger partial charge is 0.506 e. The number of aromatic hydroxyl groups is 1. The van der Waals surface area contributed by atoms with Gasteiger partial charge in [-0.2, -0.15) is 0 Å². The van der Waals surface area contributed by atoms with Gasteiger partial charge in [0, 0.05) is 6.54 Å². The second-order valence-corrected chi connectivity index (χ2v) is 4.77. The normalized spacial score (nSPS) is 22.2. The molecule has 1 amide bonds. The molecule has 1 fully saturated rings. The van der Waals surface area contributed by atoms with Crippen LogP contribution in [-0.2, 0) is 4.79 Å². The standard InChI is InChI=1S/C13H16N2O4/c1-7-5-14-6-9(7)12(17)15-10-4-8(13(18)19)2-3-11(10)16/h2-4,7,9,14,16H,5-6H2,1H3,(H,15,17)(H,18,19)/t7-,9-/m1/s1. The summed E-state index contributed by atoms with van der Waals surface area (Å²) in [6.45, 7) is 3.34. The van der Waals surface area contributed by atoms with Crippen LogP contribution in [-0.4, -0.2) is 35.2 Å². The lowest BCUT2D eigenvalue weighted by atomic mass is 9.97. The Hall–Kier alpha value is -2.08. The first-order chi connectivity index (χ1) is 8.99. The molecule has 19 heavy (non-hydrogen) atoms. The van der Waals surface area contributed by atoms with E-state index in [9.17, 15) is 14.7 Å². The predicted octanol–water partition coefficient (Wildman–Crippen LogP) is 0.884. The Kier molecular flexibility index (Phi) is 3.71. The molecule has 1 aliphatic heterocycles. The number of aromatic carboxylic acids is 1. The third-order valence-electron chi connectivity index (χ3n) is 3.36. The third-order valence-corrected chi connectivity index (χ3v) is 3.36. The minimum absolute atomic E-state index is 0.0192. The van der Waals surface area contributed by atoms with E-state index in [0.29, 0.717) is 6.54 Å². The van der Waals surface area contributed by atoms with E-state index in [1.54, 1.807) is 0 Å². The fourth-order valence-electron chi connectivity index (χ4n) is 2.16. The Bertz CT molecular complexity index is 515. The number of phenols is 1. The van der Waals surface area contributed by atoms with Crippen molar-refractivity contribution in [2.75, 3.05) is 18.4 Å². The van der Waals surface area contributed by atoms with Crippen molar-refractivity contribution in [1.29, 1.82) is 0 Å². The zero-order chi connectivity index (χ0) is 14.0. The number of nitrogens with one attached hydrogen (secondary N) is 2. The molecule has 1 aliphatic rings. The summed E-state index contributed by atoms with van der Waals surface area (Å²) in [6.07, 6.45) is 0. The quantitative estimate of drug-likeness (QED) is 0.608. The maximum Gasteiger partial charge on any atom is 0.335 e. The molecule has 1 aromatic carbocycles. The van der Waals surface area contributed by atoms with E-state index < -0.39 is 5.97 Å². The summed E-state index contributed by atoms with van der Waals surface area (Å²) in [4.78, 5) is 22.9. The maximum absolute atomic E-state index is 12.0. The van der Waals surface area contributed by atoms with Crippen LogP contribution in [0.2, 0.25) is 0 Å². The van der Waals surface area contributed by atoms with E-state index in [4.69, 9.17) is 5.11 Å². The van der Waals surface area contributed by atoms with Crippen molar-refractivity contribution in [3.05, 3.63) is 23.8 Å². The van der Waals surface area contributed by atoms with Crippen molar-refractivity contribution in [3.63, 3.8) is 0 Å². The average Bonchev–Trinajstić information content (AvgIpc) is 2.78. The number of carboxylic acid groups (broad SMARTS) is 1. The molecule has 4 N–H and O–H groups in total. The van der Waals surface area contributed by atoms with Gasteiger partial charge < -0.3 is 20.8 Å². The number of phenolic OH excluding ortho intramolecular Hbond substituents is 1. The number of benzene rings is 1. The van der Waals surface area contributed by atoms with Gasteiger partial charge in [0.15, 0.2) is 0 Å². The van der Waals surface area contributed by atoms with Gasteiger partial charge in [-0.1, -0.05) is 6.92 Å². The van der Waals surface area contributed by atoms with Crippen LogP contribution in [0.3, 0.4) is 0 Å². The van der Waals surface area contributed by atoms with Crippen LogP contribution >= 0.6 is 0 Å². The average molecular weight is 264 g/mol. The summed E-state index contributed by atoms with van der Waals surface area (Å²) in [5.74, 6) is -1.42. The molecule has 1 aromatic rings. The second-order valence-electron chi connectivity index (χ2n) is 4.77. The van der Waals surface area contributed by atoms with Gasteiger partial charge in [0.1, 0.15) is 5.75 Å². The Morgan fingerprint density at radius 2 is 2.11 bits per heavy atom. The number of carboxylic acids is 1. The molecule has 102 valence electrons. The van der Waals surface area contributed by atoms with Gasteiger partial charge in [-0.25, -0.2) is 4.79 Å². The van der Waals surface area contributed by atoms with Gasteiger partial charge in [0.25, 0.3) is 0 Å². The Balaban J connectivity index is 2.16. The van der Waals surface area contributed by atoms with Gasteiger partial charge in [-0.3, -0.25) is 4.79 Å². The SMILES string of the molecule is C[C@@H]1CNC[C@H]1C(=O)Nc1cc(C(=O)O)ccc1O. The predicted molar refractivity (Wildman–Crippen MR) is 69.2 cm³/mol. The highest BCUT2D eigenvalue weighted by atomic mass is 16.4. The Morgan fingerprint density at radius 1 is 1.37 bits per heavy atom. The van der Waals surface area contributed by atoms with E-state index in [2.05, 4.69) is 10.6 Å². The van der Waals surface area contributed by atoms with Gasteiger partial charge >= 0.3 is 5.97 Å². The number of anilines is 1. The molecular weight excluding hydrogens is 248 g/mol. The summed E-state index contributed by atoms with van der Waals surface area (Å²) in [6, 6.07) is 3.80. The first-order valence-corrected chi connectivity index (χ1v) is 6.07. The van der Waals surface area contributed by atoms with E-state index in [1.807, 2.05) is 6.92 Å². The monoisotopic (exact) mass is 264 g/mol. The van der Waals surface area contributed by atoms with Gasteiger partial charge in [-0.05, 0) is 30.7 Å². The molecule has 2 atom stereocenters. The summed E-state index contributed by atoms with van der Waals surface area (Å²) < 4.78 is 0. The number of hydrogen-bond acceptors (Lipinski definition) is 4. The number of amides is 1. The summed E-state index contributed by atoms with van der Waals surface area (Å²) in [5.41, 5.74) is 0.148. The third kappa shape index (κ3) is 2.85. The van der Waals surface area contributed by atoms with Crippen LogP contribution in [0.4, 0.5) is 5.69 Å². The summed E-state index contributed by atoms with van der Waals surface area (Å²) in [5, 5.41) is 24.2. The fourth-order valence-corrected chi connectivity index (χ4v) is 2.16. The maximum atomic E-state index is 12.0. The van der Waals surface area contributed by atoms with E-state index in [0.717, 1.165) is 6.54 Å². The van der Waals surface area contributed by atoms with Gasteiger partial charge in [-0.15, -0.1) is 0 Å². The van der Waals surface area contributed by atoms with Crippen molar-refractivity contribution in [2.45, 2.75) is 6.92 Å². The highest BCUT2D eigenvalue weighted by Gasteiger charge is 2.29. The van der Waals surface area contributed by atoms with Crippen LogP contribution in [0.1, 0.15) is 17.3 Å². The van der Waals surface area contributed by atoms with Crippen LogP contribution in [0.5, 0.6) is 5.75 Å². The lowest BCUT2D eigenvalue weighted by Gasteiger charge is -2.15. The molecule has 0 aliphatic carbocycles. The smallest absolute Gasteiger partial charge is 0.335 e. The van der Waals surface area contributed by atoms with Crippen molar-refractivity contribution >= 4 is 17.6 Å². The highest BCUT2D eigenvalue weighted by molar-refractivity contribution is 5.96. The first-order valence-electron chi connectivity index (χ1n) is 6.07. The van der Waals surface area contributed by atoms with Crippen molar-refractivity contribution in [1.82, 2.24) is 5.32 Å². The first kappa shape index (κ1) is 13.4. The Labute approximate surface area is 110 Å². The fraction of sp³-hybridized carbons (Fsp3) is 0.385.